The Hall–Kier alpha value is -2.60. The summed E-state index contributed by atoms with van der Waals surface area (Å²) < 4.78 is 2.30. The van der Waals surface area contributed by atoms with Crippen molar-refractivity contribution in [3.05, 3.63) is 84.2 Å². The maximum absolute atomic E-state index is 5.07. The first kappa shape index (κ1) is 16.6. The first-order valence-electron chi connectivity index (χ1n) is 9.26. The van der Waals surface area contributed by atoms with Crippen molar-refractivity contribution in [1.82, 2.24) is 19.4 Å². The second kappa shape index (κ2) is 6.85. The lowest BCUT2D eigenvalue weighted by molar-refractivity contribution is 0.307. The van der Waals surface area contributed by atoms with E-state index >= 15 is 0 Å². The summed E-state index contributed by atoms with van der Waals surface area (Å²) in [6, 6.07) is 16.7. The predicted octanol–water partition coefficient (Wildman–Crippen LogP) is 3.92. The molecule has 5 heterocycles. The number of hydrogen-bond acceptors (Lipinski definition) is 5. The Morgan fingerprint density at radius 2 is 1.89 bits per heavy atom. The van der Waals surface area contributed by atoms with Crippen molar-refractivity contribution < 1.29 is 0 Å². The van der Waals surface area contributed by atoms with E-state index in [2.05, 4.69) is 56.8 Å². The largest absolute Gasteiger partial charge is 0.344 e. The van der Waals surface area contributed by atoms with Gasteiger partial charge in [0.15, 0.2) is 5.17 Å². The van der Waals surface area contributed by atoms with Crippen molar-refractivity contribution in [3.8, 4) is 0 Å². The average Bonchev–Trinajstić information content (AvgIpc) is 3.37. The zero-order valence-electron chi connectivity index (χ0n) is 15.1. The maximum atomic E-state index is 5.07. The number of rotatable bonds is 4. The van der Waals surface area contributed by atoms with Crippen LogP contribution in [0, 0.1) is 0 Å². The second-order valence-electron chi connectivity index (χ2n) is 7.02. The van der Waals surface area contributed by atoms with Crippen LogP contribution in [0.3, 0.4) is 0 Å². The molecule has 136 valence electrons. The fourth-order valence-corrected chi connectivity index (χ4v) is 5.04. The van der Waals surface area contributed by atoms with Gasteiger partial charge in [0.1, 0.15) is 6.04 Å². The van der Waals surface area contributed by atoms with Gasteiger partial charge < -0.3 is 9.47 Å². The summed E-state index contributed by atoms with van der Waals surface area (Å²) in [5.74, 6) is 0. The number of fused-ring (bicyclic) bond motifs is 1. The lowest BCUT2D eigenvalue weighted by Crippen LogP contribution is -2.30. The number of thioether (sulfide) groups is 1. The Morgan fingerprint density at radius 1 is 1.04 bits per heavy atom. The quantitative estimate of drug-likeness (QED) is 0.693. The van der Waals surface area contributed by atoms with Crippen molar-refractivity contribution in [2.75, 3.05) is 6.54 Å². The minimum absolute atomic E-state index is 0.0265. The van der Waals surface area contributed by atoms with Crippen LogP contribution >= 0.6 is 11.8 Å². The van der Waals surface area contributed by atoms with Gasteiger partial charge in [-0.15, -0.1) is 0 Å². The van der Waals surface area contributed by atoms with Crippen LogP contribution in [-0.2, 0) is 6.54 Å². The van der Waals surface area contributed by atoms with Crippen LogP contribution in [0.25, 0.3) is 0 Å². The van der Waals surface area contributed by atoms with Crippen LogP contribution in [0.2, 0.25) is 0 Å². The van der Waals surface area contributed by atoms with Crippen molar-refractivity contribution in [3.63, 3.8) is 0 Å². The van der Waals surface area contributed by atoms with E-state index in [1.807, 2.05) is 48.4 Å². The van der Waals surface area contributed by atoms with Gasteiger partial charge in [-0.25, -0.2) is 0 Å². The summed E-state index contributed by atoms with van der Waals surface area (Å²) in [7, 11) is 0. The Kier molecular flexibility index (Phi) is 4.20. The van der Waals surface area contributed by atoms with Crippen LogP contribution in [-0.4, -0.2) is 36.4 Å². The maximum Gasteiger partial charge on any atom is 0.160 e. The summed E-state index contributed by atoms with van der Waals surface area (Å²) in [4.78, 5) is 16.6. The number of nitrogens with zero attached hydrogens (tertiary/aromatic N) is 5. The molecule has 0 unspecified atom stereocenters. The molecule has 1 fully saturated rings. The molecule has 0 amide bonds. The van der Waals surface area contributed by atoms with Gasteiger partial charge in [0.25, 0.3) is 0 Å². The standard InChI is InChI=1S/C21H21N5S/c1-15-13-26-20(19(24-21(26)27-15)17-8-3-5-11-23-17)18-9-6-12-25(18)14-16-7-2-4-10-22-16/h2-12,15,19-20H,13-14H2,1H3/t15-,19-,20+/m1/s1. The topological polar surface area (TPSA) is 46.3 Å². The highest BCUT2D eigenvalue weighted by Crippen LogP contribution is 2.47. The fourth-order valence-electron chi connectivity index (χ4n) is 3.94. The van der Waals surface area contributed by atoms with E-state index in [-0.39, 0.29) is 12.1 Å². The Morgan fingerprint density at radius 3 is 2.67 bits per heavy atom. The van der Waals surface area contributed by atoms with Crippen molar-refractivity contribution >= 4 is 16.9 Å². The predicted molar refractivity (Wildman–Crippen MR) is 109 cm³/mol. The van der Waals surface area contributed by atoms with Crippen LogP contribution < -0.4 is 0 Å². The van der Waals surface area contributed by atoms with Gasteiger partial charge >= 0.3 is 0 Å². The third-order valence-electron chi connectivity index (χ3n) is 5.11. The van der Waals surface area contributed by atoms with Crippen LogP contribution in [0.15, 0.2) is 72.1 Å². The minimum atomic E-state index is 0.0265. The van der Waals surface area contributed by atoms with E-state index < -0.39 is 0 Å². The molecular formula is C21H21N5S. The lowest BCUT2D eigenvalue weighted by atomic mass is 10.0. The zero-order chi connectivity index (χ0) is 18.2. The molecule has 0 bridgehead atoms. The molecule has 3 aromatic heterocycles. The van der Waals surface area contributed by atoms with Gasteiger partial charge in [-0.2, -0.15) is 0 Å². The molecule has 0 spiro atoms. The minimum Gasteiger partial charge on any atom is -0.344 e. The molecule has 0 aromatic carbocycles. The summed E-state index contributed by atoms with van der Waals surface area (Å²) in [5.41, 5.74) is 3.36. The molecule has 27 heavy (non-hydrogen) atoms. The zero-order valence-corrected chi connectivity index (χ0v) is 16.0. The molecule has 5 nitrogen and oxygen atoms in total. The van der Waals surface area contributed by atoms with E-state index in [0.29, 0.717) is 5.25 Å². The summed E-state index contributed by atoms with van der Waals surface area (Å²) in [5, 5.41) is 1.71. The molecule has 6 heteroatoms. The van der Waals surface area contributed by atoms with E-state index in [0.717, 1.165) is 29.6 Å². The molecule has 0 aliphatic carbocycles. The van der Waals surface area contributed by atoms with E-state index in [9.17, 15) is 0 Å². The highest BCUT2D eigenvalue weighted by Gasteiger charge is 2.44. The van der Waals surface area contributed by atoms with Gasteiger partial charge in [0.2, 0.25) is 0 Å². The molecule has 2 aliphatic heterocycles. The highest BCUT2D eigenvalue weighted by molar-refractivity contribution is 8.14. The molecule has 3 atom stereocenters. The van der Waals surface area contributed by atoms with Crippen molar-refractivity contribution in [1.29, 1.82) is 0 Å². The Balaban J connectivity index is 1.53. The van der Waals surface area contributed by atoms with Gasteiger partial charge in [0, 0.05) is 36.1 Å². The molecule has 5 rings (SSSR count). The lowest BCUT2D eigenvalue weighted by Gasteiger charge is -2.28. The molecule has 0 saturated carbocycles. The van der Waals surface area contributed by atoms with E-state index in [1.165, 1.54) is 5.69 Å². The van der Waals surface area contributed by atoms with Gasteiger partial charge in [0.05, 0.1) is 24.0 Å². The fraction of sp³-hybridized carbons (Fsp3) is 0.286. The summed E-state index contributed by atoms with van der Waals surface area (Å²) >= 11 is 1.87. The smallest absolute Gasteiger partial charge is 0.160 e. The number of pyridine rings is 2. The first-order valence-corrected chi connectivity index (χ1v) is 10.1. The normalized spacial score (nSPS) is 24.1. The molecule has 2 aliphatic rings. The second-order valence-corrected chi connectivity index (χ2v) is 8.42. The third kappa shape index (κ3) is 3.04. The molecular weight excluding hydrogens is 354 g/mol. The van der Waals surface area contributed by atoms with Gasteiger partial charge in [-0.1, -0.05) is 30.8 Å². The summed E-state index contributed by atoms with van der Waals surface area (Å²) in [6.07, 6.45) is 5.85. The molecule has 3 aromatic rings. The highest BCUT2D eigenvalue weighted by atomic mass is 32.2. The third-order valence-corrected chi connectivity index (χ3v) is 6.21. The number of hydrogen-bond donors (Lipinski definition) is 0. The molecule has 0 N–H and O–H groups in total. The van der Waals surface area contributed by atoms with Gasteiger partial charge in [-0.3, -0.25) is 15.0 Å². The first-order chi connectivity index (χ1) is 13.3. The van der Waals surface area contributed by atoms with E-state index in [4.69, 9.17) is 4.99 Å². The number of aliphatic imine (C=N–C) groups is 1. The Labute approximate surface area is 163 Å². The monoisotopic (exact) mass is 375 g/mol. The van der Waals surface area contributed by atoms with Crippen molar-refractivity contribution in [2.45, 2.75) is 30.8 Å². The van der Waals surface area contributed by atoms with Crippen LogP contribution in [0.5, 0.6) is 0 Å². The summed E-state index contributed by atoms with van der Waals surface area (Å²) in [6.45, 7) is 4.05. The van der Waals surface area contributed by atoms with Gasteiger partial charge in [-0.05, 0) is 36.4 Å². The SMILES string of the molecule is C[C@@H]1CN2C(=N[C@H](c3ccccn3)[C@@H]2c2cccn2Cc2ccccn2)S1. The Bertz CT molecular complexity index is 953. The number of amidine groups is 1. The number of aromatic nitrogens is 3. The molecule has 0 radical (unpaired) electrons. The van der Waals surface area contributed by atoms with Crippen LogP contribution in [0.4, 0.5) is 0 Å². The average molecular weight is 376 g/mol. The van der Waals surface area contributed by atoms with Crippen molar-refractivity contribution in [2.24, 2.45) is 4.99 Å². The van der Waals surface area contributed by atoms with E-state index in [1.54, 1.807) is 0 Å². The van der Waals surface area contributed by atoms with Crippen LogP contribution in [0.1, 0.15) is 36.1 Å². The molecule has 1 saturated heterocycles.